The van der Waals surface area contributed by atoms with Gasteiger partial charge in [-0.15, -0.1) is 0 Å². The van der Waals surface area contributed by atoms with E-state index in [0.717, 1.165) is 12.3 Å². The number of nitrogens with one attached hydrogen (secondary N) is 1. The fraction of sp³-hybridized carbons (Fsp3) is 0.538. The Labute approximate surface area is 95.4 Å². The van der Waals surface area contributed by atoms with E-state index in [-0.39, 0.29) is 11.8 Å². The summed E-state index contributed by atoms with van der Waals surface area (Å²) in [6.07, 6.45) is 2.66. The van der Waals surface area contributed by atoms with Crippen LogP contribution in [-0.2, 0) is 0 Å². The van der Waals surface area contributed by atoms with Crippen molar-refractivity contribution in [3.05, 3.63) is 23.8 Å². The van der Waals surface area contributed by atoms with Crippen LogP contribution in [0.25, 0.3) is 0 Å². The molecule has 1 aliphatic heterocycles. The van der Waals surface area contributed by atoms with Crippen molar-refractivity contribution in [2.45, 2.75) is 25.8 Å². The quantitative estimate of drug-likeness (QED) is 0.819. The third-order valence-corrected chi connectivity index (χ3v) is 3.66. The number of hydrogen-bond acceptors (Lipinski definition) is 3. The van der Waals surface area contributed by atoms with Gasteiger partial charge in [0.25, 0.3) is 0 Å². The van der Waals surface area contributed by atoms with Gasteiger partial charge in [-0.05, 0) is 30.4 Å². The average Bonchev–Trinajstić information content (AvgIpc) is 2.87. The zero-order valence-electron chi connectivity index (χ0n) is 9.49. The van der Waals surface area contributed by atoms with E-state index in [1.165, 1.54) is 18.4 Å². The highest BCUT2D eigenvalue weighted by atomic mass is 16.5. The molecule has 1 aliphatic carbocycles. The summed E-state index contributed by atoms with van der Waals surface area (Å²) >= 11 is 0. The average molecular weight is 219 g/mol. The van der Waals surface area contributed by atoms with Gasteiger partial charge in [0, 0.05) is 18.2 Å². The highest BCUT2D eigenvalue weighted by Gasteiger charge is 2.38. The van der Waals surface area contributed by atoms with Crippen LogP contribution >= 0.6 is 0 Å². The van der Waals surface area contributed by atoms with Crippen molar-refractivity contribution in [3.8, 4) is 11.5 Å². The maximum atomic E-state index is 9.35. The molecule has 2 aliphatic rings. The van der Waals surface area contributed by atoms with Gasteiger partial charge < -0.3 is 15.2 Å². The standard InChI is InChI=1S/C13H17NO2/c1-13(4-5-13)8-14-11-7-16-12-6-9(15)2-3-10(11)12/h2-3,6,11,14-15H,4-5,7-8H2,1H3. The molecule has 3 heteroatoms. The van der Waals surface area contributed by atoms with E-state index in [1.807, 2.05) is 6.07 Å². The zero-order valence-corrected chi connectivity index (χ0v) is 9.49. The Bertz CT molecular complexity index is 412. The maximum Gasteiger partial charge on any atom is 0.127 e. The van der Waals surface area contributed by atoms with E-state index in [2.05, 4.69) is 12.2 Å². The van der Waals surface area contributed by atoms with Crippen molar-refractivity contribution in [2.24, 2.45) is 5.41 Å². The third kappa shape index (κ3) is 1.76. The molecule has 1 unspecified atom stereocenters. The lowest BCUT2D eigenvalue weighted by molar-refractivity contribution is 0.302. The number of benzene rings is 1. The zero-order chi connectivity index (χ0) is 11.2. The summed E-state index contributed by atoms with van der Waals surface area (Å²) in [5, 5.41) is 12.9. The molecule has 0 aromatic heterocycles. The maximum absolute atomic E-state index is 9.35. The van der Waals surface area contributed by atoms with Gasteiger partial charge in [-0.3, -0.25) is 0 Å². The van der Waals surface area contributed by atoms with Gasteiger partial charge in [0.2, 0.25) is 0 Å². The van der Waals surface area contributed by atoms with Crippen LogP contribution in [0.3, 0.4) is 0 Å². The van der Waals surface area contributed by atoms with Gasteiger partial charge >= 0.3 is 0 Å². The van der Waals surface area contributed by atoms with Crippen LogP contribution in [0.2, 0.25) is 0 Å². The Morgan fingerprint density at radius 1 is 1.50 bits per heavy atom. The predicted octanol–water partition coefficient (Wildman–Crippen LogP) is 2.22. The summed E-state index contributed by atoms with van der Waals surface area (Å²) in [4.78, 5) is 0. The molecule has 86 valence electrons. The Morgan fingerprint density at radius 2 is 2.31 bits per heavy atom. The molecule has 1 atom stereocenters. The van der Waals surface area contributed by atoms with Gasteiger partial charge in [0.15, 0.2) is 0 Å². The van der Waals surface area contributed by atoms with Gasteiger partial charge in [-0.25, -0.2) is 0 Å². The SMILES string of the molecule is CC1(CNC2COc3cc(O)ccc32)CC1. The summed E-state index contributed by atoms with van der Waals surface area (Å²) in [5.41, 5.74) is 1.68. The molecule has 0 bridgehead atoms. The minimum atomic E-state index is 0.272. The van der Waals surface area contributed by atoms with E-state index in [1.54, 1.807) is 12.1 Å². The first kappa shape index (κ1) is 9.97. The Balaban J connectivity index is 1.71. The lowest BCUT2D eigenvalue weighted by Crippen LogP contribution is -2.27. The van der Waals surface area contributed by atoms with Crippen LogP contribution < -0.4 is 10.1 Å². The molecule has 0 amide bonds. The van der Waals surface area contributed by atoms with Crippen molar-refractivity contribution >= 4 is 0 Å². The van der Waals surface area contributed by atoms with Crippen molar-refractivity contribution in [1.82, 2.24) is 5.32 Å². The topological polar surface area (TPSA) is 41.5 Å². The van der Waals surface area contributed by atoms with Crippen LogP contribution in [-0.4, -0.2) is 18.3 Å². The minimum absolute atomic E-state index is 0.272. The molecule has 0 saturated heterocycles. The highest BCUT2D eigenvalue weighted by molar-refractivity contribution is 5.44. The second-order valence-corrected chi connectivity index (χ2v) is 5.28. The molecule has 1 saturated carbocycles. The number of rotatable bonds is 3. The number of ether oxygens (including phenoxy) is 1. The smallest absolute Gasteiger partial charge is 0.127 e. The van der Waals surface area contributed by atoms with Gasteiger partial charge in [-0.1, -0.05) is 6.92 Å². The molecule has 1 aromatic rings. The molecule has 16 heavy (non-hydrogen) atoms. The van der Waals surface area contributed by atoms with E-state index >= 15 is 0 Å². The van der Waals surface area contributed by atoms with Gasteiger partial charge in [0.05, 0.1) is 6.04 Å². The van der Waals surface area contributed by atoms with E-state index in [0.29, 0.717) is 12.0 Å². The normalized spacial score (nSPS) is 24.9. The van der Waals surface area contributed by atoms with Gasteiger partial charge in [0.1, 0.15) is 18.1 Å². The van der Waals surface area contributed by atoms with Crippen molar-refractivity contribution in [3.63, 3.8) is 0 Å². The molecular formula is C13H17NO2. The van der Waals surface area contributed by atoms with E-state index < -0.39 is 0 Å². The first-order chi connectivity index (χ1) is 7.66. The van der Waals surface area contributed by atoms with E-state index in [4.69, 9.17) is 4.74 Å². The molecular weight excluding hydrogens is 202 g/mol. The summed E-state index contributed by atoms with van der Waals surface area (Å²) < 4.78 is 5.56. The number of fused-ring (bicyclic) bond motifs is 1. The van der Waals surface area contributed by atoms with Gasteiger partial charge in [-0.2, -0.15) is 0 Å². The Hall–Kier alpha value is -1.22. The molecule has 3 nitrogen and oxygen atoms in total. The fourth-order valence-corrected chi connectivity index (χ4v) is 2.13. The second-order valence-electron chi connectivity index (χ2n) is 5.28. The number of aromatic hydroxyl groups is 1. The first-order valence-corrected chi connectivity index (χ1v) is 5.85. The summed E-state index contributed by atoms with van der Waals surface area (Å²) in [6.45, 7) is 4.05. The van der Waals surface area contributed by atoms with Crippen molar-refractivity contribution in [2.75, 3.05) is 13.2 Å². The minimum Gasteiger partial charge on any atom is -0.508 e. The summed E-state index contributed by atoms with van der Waals surface area (Å²) in [7, 11) is 0. The predicted molar refractivity (Wildman–Crippen MR) is 61.7 cm³/mol. The lowest BCUT2D eigenvalue weighted by atomic mass is 10.1. The van der Waals surface area contributed by atoms with Crippen LogP contribution in [0.5, 0.6) is 11.5 Å². The Kier molecular flexibility index (Phi) is 2.11. The highest BCUT2D eigenvalue weighted by Crippen LogP contribution is 2.45. The number of phenols is 1. The molecule has 0 radical (unpaired) electrons. The lowest BCUT2D eigenvalue weighted by Gasteiger charge is -2.15. The largest absolute Gasteiger partial charge is 0.508 e. The summed E-state index contributed by atoms with van der Waals surface area (Å²) in [5.74, 6) is 1.09. The fourth-order valence-electron chi connectivity index (χ4n) is 2.13. The van der Waals surface area contributed by atoms with Crippen LogP contribution in [0.1, 0.15) is 31.4 Å². The van der Waals surface area contributed by atoms with Crippen LogP contribution in [0, 0.1) is 5.41 Å². The molecule has 2 N–H and O–H groups in total. The summed E-state index contributed by atoms with van der Waals surface area (Å²) in [6, 6.07) is 5.65. The van der Waals surface area contributed by atoms with Crippen LogP contribution in [0.4, 0.5) is 0 Å². The second kappa shape index (κ2) is 3.39. The molecule has 0 spiro atoms. The molecule has 3 rings (SSSR count). The molecule has 1 aromatic carbocycles. The van der Waals surface area contributed by atoms with Crippen LogP contribution in [0.15, 0.2) is 18.2 Å². The first-order valence-electron chi connectivity index (χ1n) is 5.85. The van der Waals surface area contributed by atoms with E-state index in [9.17, 15) is 5.11 Å². The third-order valence-electron chi connectivity index (χ3n) is 3.66. The van der Waals surface area contributed by atoms with Crippen molar-refractivity contribution < 1.29 is 9.84 Å². The molecule has 1 fully saturated rings. The monoisotopic (exact) mass is 219 g/mol. The van der Waals surface area contributed by atoms with Crippen molar-refractivity contribution in [1.29, 1.82) is 0 Å². The number of hydrogen-bond donors (Lipinski definition) is 2. The molecule has 1 heterocycles. The number of phenolic OH excluding ortho intramolecular Hbond substituents is 1. The Morgan fingerprint density at radius 3 is 3.06 bits per heavy atom.